The maximum Gasteiger partial charge on any atom is 0.312 e. The van der Waals surface area contributed by atoms with Gasteiger partial charge in [0.05, 0.1) is 18.7 Å². The number of piperazine rings is 1. The number of fused-ring (bicyclic) bond motifs is 3. The molecule has 3 aromatic rings. The summed E-state index contributed by atoms with van der Waals surface area (Å²) in [6.07, 6.45) is 0. The minimum atomic E-state index is -0.440. The van der Waals surface area contributed by atoms with Crippen LogP contribution in [-0.4, -0.2) is 93.7 Å². The van der Waals surface area contributed by atoms with Gasteiger partial charge in [-0.3, -0.25) is 9.59 Å². The Kier molecular flexibility index (Phi) is 4.70. The second kappa shape index (κ2) is 7.52. The van der Waals surface area contributed by atoms with Crippen LogP contribution in [0.1, 0.15) is 5.82 Å². The predicted octanol–water partition coefficient (Wildman–Crippen LogP) is 0.0933. The molecule has 2 aliphatic heterocycles. The molecule has 0 atom stereocenters. The Morgan fingerprint density at radius 1 is 0.900 bits per heavy atom. The molecule has 10 nitrogen and oxygen atoms in total. The molecule has 156 valence electrons. The molecule has 1 aromatic carbocycles. The first kappa shape index (κ1) is 18.7. The third kappa shape index (κ3) is 3.22. The van der Waals surface area contributed by atoms with E-state index >= 15 is 0 Å². The van der Waals surface area contributed by atoms with Crippen molar-refractivity contribution in [3.8, 4) is 0 Å². The van der Waals surface area contributed by atoms with Crippen molar-refractivity contribution >= 4 is 34.3 Å². The maximum absolute atomic E-state index is 12.7. The first-order valence-corrected chi connectivity index (χ1v) is 10.1. The Morgan fingerprint density at radius 3 is 2.30 bits per heavy atom. The molecule has 0 unspecified atom stereocenters. The lowest BCUT2D eigenvalue weighted by atomic mass is 10.2. The number of hydrogen-bond acceptors (Lipinski definition) is 7. The molecule has 2 fully saturated rings. The van der Waals surface area contributed by atoms with E-state index in [1.54, 1.807) is 14.3 Å². The number of carbonyl (C=O) groups is 2. The van der Waals surface area contributed by atoms with Crippen molar-refractivity contribution in [3.63, 3.8) is 0 Å². The van der Waals surface area contributed by atoms with Crippen molar-refractivity contribution in [2.24, 2.45) is 0 Å². The second-order valence-electron chi connectivity index (χ2n) is 7.51. The highest BCUT2D eigenvalue weighted by molar-refractivity contribution is 6.35. The molecule has 5 rings (SSSR count). The van der Waals surface area contributed by atoms with Gasteiger partial charge in [-0.25, -0.2) is 9.97 Å². The van der Waals surface area contributed by atoms with Crippen LogP contribution in [0.25, 0.3) is 16.6 Å². The van der Waals surface area contributed by atoms with Gasteiger partial charge in [0.1, 0.15) is 5.82 Å². The van der Waals surface area contributed by atoms with Gasteiger partial charge in [-0.1, -0.05) is 12.1 Å². The van der Waals surface area contributed by atoms with Crippen LogP contribution in [0.5, 0.6) is 0 Å². The summed E-state index contributed by atoms with van der Waals surface area (Å²) in [6.45, 7) is 5.81. The number of amides is 2. The molecule has 0 bridgehead atoms. The van der Waals surface area contributed by atoms with Crippen LogP contribution < -0.4 is 4.90 Å². The van der Waals surface area contributed by atoms with E-state index < -0.39 is 11.8 Å². The number of hydrogen-bond donors (Lipinski definition) is 0. The van der Waals surface area contributed by atoms with E-state index in [-0.39, 0.29) is 0 Å². The largest absolute Gasteiger partial charge is 0.378 e. The van der Waals surface area contributed by atoms with Gasteiger partial charge in [0.25, 0.3) is 0 Å². The monoisotopic (exact) mass is 409 g/mol. The molecule has 30 heavy (non-hydrogen) atoms. The fourth-order valence-corrected chi connectivity index (χ4v) is 4.00. The first-order valence-electron chi connectivity index (χ1n) is 10.1. The van der Waals surface area contributed by atoms with Crippen molar-refractivity contribution in [3.05, 3.63) is 30.1 Å². The van der Waals surface area contributed by atoms with Crippen molar-refractivity contribution in [1.29, 1.82) is 0 Å². The number of anilines is 1. The molecular weight excluding hydrogens is 386 g/mol. The Hall–Kier alpha value is -3.27. The number of carbonyl (C=O) groups excluding carboxylic acids is 2. The summed E-state index contributed by atoms with van der Waals surface area (Å²) in [4.78, 5) is 39.8. The highest BCUT2D eigenvalue weighted by Gasteiger charge is 2.31. The number of benzene rings is 1. The molecule has 10 heteroatoms. The lowest BCUT2D eigenvalue weighted by Gasteiger charge is -2.36. The zero-order valence-electron chi connectivity index (χ0n) is 16.8. The quantitative estimate of drug-likeness (QED) is 0.526. The van der Waals surface area contributed by atoms with E-state index in [2.05, 4.69) is 15.0 Å². The standard InChI is InChI=1S/C20H23N7O3/c1-14-21-17-15-4-2-3-5-16(15)22-20(27(17)23-14)26-8-6-24(7-9-26)18(28)19(29)25-10-12-30-13-11-25/h2-5H,6-13H2,1H3. The number of nitrogens with zero attached hydrogens (tertiary/aromatic N) is 7. The number of para-hydroxylation sites is 1. The molecular formula is C20H23N7O3. The van der Waals surface area contributed by atoms with Crippen LogP contribution in [0.2, 0.25) is 0 Å². The van der Waals surface area contributed by atoms with E-state index in [0.717, 1.165) is 16.6 Å². The van der Waals surface area contributed by atoms with E-state index in [9.17, 15) is 9.59 Å². The minimum absolute atomic E-state index is 0.440. The van der Waals surface area contributed by atoms with Gasteiger partial charge in [0, 0.05) is 44.7 Å². The van der Waals surface area contributed by atoms with Crippen molar-refractivity contribution in [2.45, 2.75) is 6.92 Å². The summed E-state index contributed by atoms with van der Waals surface area (Å²) in [5, 5.41) is 5.48. The maximum atomic E-state index is 12.7. The van der Waals surface area contributed by atoms with E-state index in [0.29, 0.717) is 64.3 Å². The van der Waals surface area contributed by atoms with Gasteiger partial charge in [-0.15, -0.1) is 5.10 Å². The minimum Gasteiger partial charge on any atom is -0.378 e. The summed E-state index contributed by atoms with van der Waals surface area (Å²) in [6, 6.07) is 7.86. The van der Waals surface area contributed by atoms with Crippen molar-refractivity contribution < 1.29 is 14.3 Å². The average Bonchev–Trinajstić information content (AvgIpc) is 3.20. The Bertz CT molecular complexity index is 1110. The molecule has 2 aliphatic rings. The summed E-state index contributed by atoms with van der Waals surface area (Å²) >= 11 is 0. The average molecular weight is 409 g/mol. The molecule has 0 spiro atoms. The zero-order valence-corrected chi connectivity index (χ0v) is 16.8. The topological polar surface area (TPSA) is 96.2 Å². The Labute approximate surface area is 173 Å². The molecule has 2 aromatic heterocycles. The number of ether oxygens (including phenoxy) is 1. The highest BCUT2D eigenvalue weighted by atomic mass is 16.5. The van der Waals surface area contributed by atoms with E-state index in [1.165, 1.54) is 0 Å². The van der Waals surface area contributed by atoms with Gasteiger partial charge in [0.2, 0.25) is 5.95 Å². The number of rotatable bonds is 1. The third-order valence-electron chi connectivity index (χ3n) is 5.60. The lowest BCUT2D eigenvalue weighted by molar-refractivity contribution is -0.154. The second-order valence-corrected chi connectivity index (χ2v) is 7.51. The SMILES string of the molecule is Cc1nc2c3ccccc3nc(N3CCN(C(=O)C(=O)N4CCOCC4)CC3)n2n1. The lowest BCUT2D eigenvalue weighted by Crippen LogP contribution is -2.55. The first-order chi connectivity index (χ1) is 14.6. The van der Waals surface area contributed by atoms with E-state index in [4.69, 9.17) is 9.72 Å². The van der Waals surface area contributed by atoms with Gasteiger partial charge in [-0.2, -0.15) is 4.52 Å². The van der Waals surface area contributed by atoms with Crippen LogP contribution >= 0.6 is 0 Å². The Morgan fingerprint density at radius 2 is 1.57 bits per heavy atom. The molecule has 2 amide bonds. The van der Waals surface area contributed by atoms with Crippen molar-refractivity contribution in [2.75, 3.05) is 57.4 Å². The number of morpholine rings is 1. The molecule has 2 saturated heterocycles. The van der Waals surface area contributed by atoms with Crippen LogP contribution in [0.15, 0.2) is 24.3 Å². The molecule has 4 heterocycles. The zero-order chi connectivity index (χ0) is 20.7. The smallest absolute Gasteiger partial charge is 0.312 e. The summed E-state index contributed by atoms with van der Waals surface area (Å²) in [5.41, 5.74) is 1.63. The fourth-order valence-electron chi connectivity index (χ4n) is 4.00. The van der Waals surface area contributed by atoms with Gasteiger partial charge in [-0.05, 0) is 19.1 Å². The van der Waals surface area contributed by atoms with E-state index in [1.807, 2.05) is 31.2 Å². The van der Waals surface area contributed by atoms with Gasteiger partial charge in [0.15, 0.2) is 5.65 Å². The molecule has 0 aliphatic carbocycles. The normalized spacial score (nSPS) is 17.7. The molecule has 0 N–H and O–H groups in total. The summed E-state index contributed by atoms with van der Waals surface area (Å²) < 4.78 is 7.03. The third-order valence-corrected chi connectivity index (χ3v) is 5.60. The predicted molar refractivity (Wildman–Crippen MR) is 109 cm³/mol. The summed E-state index contributed by atoms with van der Waals surface area (Å²) in [7, 11) is 0. The summed E-state index contributed by atoms with van der Waals surface area (Å²) in [5.74, 6) is 0.505. The van der Waals surface area contributed by atoms with Crippen LogP contribution in [0.3, 0.4) is 0 Å². The Balaban J connectivity index is 1.35. The fraction of sp³-hybridized carbons (Fsp3) is 0.450. The number of aryl methyl sites for hydroxylation is 1. The van der Waals surface area contributed by atoms with Crippen LogP contribution in [-0.2, 0) is 14.3 Å². The molecule has 0 saturated carbocycles. The van der Waals surface area contributed by atoms with Gasteiger partial charge < -0.3 is 19.4 Å². The highest BCUT2D eigenvalue weighted by Crippen LogP contribution is 2.23. The van der Waals surface area contributed by atoms with Gasteiger partial charge >= 0.3 is 11.8 Å². The number of aromatic nitrogens is 4. The van der Waals surface area contributed by atoms with Crippen molar-refractivity contribution in [1.82, 2.24) is 29.4 Å². The van der Waals surface area contributed by atoms with Crippen LogP contribution in [0.4, 0.5) is 5.95 Å². The molecule has 0 radical (unpaired) electrons. The van der Waals surface area contributed by atoms with Crippen LogP contribution in [0, 0.1) is 6.92 Å².